The molecule has 55 heavy (non-hydrogen) atoms. The maximum atomic E-state index is 12.7. The molecule has 0 bridgehead atoms. The van der Waals surface area contributed by atoms with E-state index < -0.39 is 6.10 Å². The Bertz CT molecular complexity index is 1070. The molecule has 0 rings (SSSR count). The van der Waals surface area contributed by atoms with Crippen molar-refractivity contribution in [2.24, 2.45) is 0 Å². The van der Waals surface area contributed by atoms with Gasteiger partial charge in [0.15, 0.2) is 6.10 Å². The van der Waals surface area contributed by atoms with E-state index in [1.165, 1.54) is 57.8 Å². The predicted octanol–water partition coefficient (Wildman–Crippen LogP) is 14.3. The standard InChI is InChI=1S/C49H82O6/c1-4-7-10-13-16-19-22-25-28-30-33-36-39-42-48(51)54-45-46(55-49(52)43-40-37-34-31-27-24-21-18-15-12-9-6-3)44-53-47(50)41-38-35-32-29-26-23-20-17-14-11-8-5-2/h7,9-10,12-13,16,18-19,21-22,27,31,46H,4-6,8,11,14-15,17,20,23-26,28-30,32-45H2,1-3H3/b10-7-,12-9-,16-13-,21-18-,22-19-,31-27-. The molecule has 0 aromatic rings. The summed E-state index contributed by atoms with van der Waals surface area (Å²) in [6.07, 6.45) is 53.1. The zero-order chi connectivity index (χ0) is 40.1. The number of ether oxygens (including phenoxy) is 3. The van der Waals surface area contributed by atoms with Gasteiger partial charge in [-0.1, -0.05) is 184 Å². The quantitative estimate of drug-likeness (QED) is 0.0204. The third-order valence-corrected chi connectivity index (χ3v) is 9.27. The second-order valence-electron chi connectivity index (χ2n) is 14.6. The second-order valence-corrected chi connectivity index (χ2v) is 14.6. The van der Waals surface area contributed by atoms with Gasteiger partial charge in [0, 0.05) is 19.3 Å². The molecular weight excluding hydrogens is 685 g/mol. The van der Waals surface area contributed by atoms with Gasteiger partial charge in [-0.2, -0.15) is 0 Å². The molecule has 1 unspecified atom stereocenters. The van der Waals surface area contributed by atoms with E-state index in [9.17, 15) is 14.4 Å². The predicted molar refractivity (Wildman–Crippen MR) is 233 cm³/mol. The molecule has 0 aromatic heterocycles. The molecule has 0 saturated carbocycles. The maximum absolute atomic E-state index is 12.7. The average Bonchev–Trinajstić information content (AvgIpc) is 3.18. The molecule has 0 spiro atoms. The van der Waals surface area contributed by atoms with Crippen LogP contribution in [0.25, 0.3) is 0 Å². The number of rotatable bonds is 39. The number of hydrogen-bond acceptors (Lipinski definition) is 6. The first-order valence-electron chi connectivity index (χ1n) is 22.5. The van der Waals surface area contributed by atoms with E-state index in [-0.39, 0.29) is 37.5 Å². The van der Waals surface area contributed by atoms with Gasteiger partial charge < -0.3 is 14.2 Å². The summed E-state index contributed by atoms with van der Waals surface area (Å²) in [6.45, 7) is 6.31. The second kappa shape index (κ2) is 43.6. The van der Waals surface area contributed by atoms with Crippen molar-refractivity contribution in [3.05, 3.63) is 72.9 Å². The summed E-state index contributed by atoms with van der Waals surface area (Å²) in [4.78, 5) is 37.7. The Morgan fingerprint density at radius 3 is 1.35 bits per heavy atom. The van der Waals surface area contributed by atoms with E-state index in [1.54, 1.807) is 0 Å². The fourth-order valence-corrected chi connectivity index (χ4v) is 5.93. The van der Waals surface area contributed by atoms with Crippen molar-refractivity contribution in [3.63, 3.8) is 0 Å². The van der Waals surface area contributed by atoms with Crippen LogP contribution in [0.4, 0.5) is 0 Å². The molecule has 0 aromatic carbocycles. The minimum absolute atomic E-state index is 0.0969. The molecule has 0 aliphatic carbocycles. The van der Waals surface area contributed by atoms with Crippen LogP contribution in [0, 0.1) is 0 Å². The van der Waals surface area contributed by atoms with Gasteiger partial charge in [-0.05, 0) is 70.6 Å². The van der Waals surface area contributed by atoms with Crippen molar-refractivity contribution in [1.29, 1.82) is 0 Å². The molecule has 0 radical (unpaired) electrons. The van der Waals surface area contributed by atoms with E-state index in [4.69, 9.17) is 14.2 Å². The summed E-state index contributed by atoms with van der Waals surface area (Å²) in [6, 6.07) is 0. The van der Waals surface area contributed by atoms with Gasteiger partial charge in [-0.15, -0.1) is 0 Å². The van der Waals surface area contributed by atoms with Crippen molar-refractivity contribution >= 4 is 17.9 Å². The van der Waals surface area contributed by atoms with Gasteiger partial charge in [0.05, 0.1) is 0 Å². The van der Waals surface area contributed by atoms with E-state index in [0.29, 0.717) is 19.3 Å². The summed E-state index contributed by atoms with van der Waals surface area (Å²) in [5, 5.41) is 0. The SMILES string of the molecule is CC\C=C/C=C\C=C/CCCCCCCC(=O)OCC(COC(=O)CCCCCCCCCCCCCC)OC(=O)CCCC/C=C\C/C=C\C/C=C\CC. The Balaban J connectivity index is 4.47. The van der Waals surface area contributed by atoms with E-state index >= 15 is 0 Å². The highest BCUT2D eigenvalue weighted by Gasteiger charge is 2.19. The minimum atomic E-state index is -0.799. The zero-order valence-corrected chi connectivity index (χ0v) is 35.7. The normalized spacial score (nSPS) is 12.7. The molecule has 6 heteroatoms. The lowest BCUT2D eigenvalue weighted by atomic mass is 10.0. The Labute approximate surface area is 338 Å². The molecule has 0 aliphatic heterocycles. The molecule has 314 valence electrons. The number of hydrogen-bond donors (Lipinski definition) is 0. The van der Waals surface area contributed by atoms with Crippen molar-refractivity contribution in [2.45, 2.75) is 207 Å². The van der Waals surface area contributed by atoms with Gasteiger partial charge in [-0.25, -0.2) is 0 Å². The molecule has 0 aliphatic rings. The number of carbonyl (C=O) groups is 3. The van der Waals surface area contributed by atoms with Gasteiger partial charge in [0.25, 0.3) is 0 Å². The van der Waals surface area contributed by atoms with Crippen LogP contribution in [0.1, 0.15) is 201 Å². The first-order chi connectivity index (χ1) is 27.0. The molecule has 1 atom stereocenters. The fraction of sp³-hybridized carbons (Fsp3) is 0.694. The first-order valence-corrected chi connectivity index (χ1v) is 22.5. The number of unbranched alkanes of at least 4 members (excludes halogenated alkanes) is 18. The van der Waals surface area contributed by atoms with Gasteiger partial charge in [0.2, 0.25) is 0 Å². The van der Waals surface area contributed by atoms with E-state index in [2.05, 4.69) is 93.7 Å². The molecule has 0 saturated heterocycles. The summed E-state index contributed by atoms with van der Waals surface area (Å²) < 4.78 is 16.6. The molecule has 6 nitrogen and oxygen atoms in total. The minimum Gasteiger partial charge on any atom is -0.462 e. The number of esters is 3. The van der Waals surface area contributed by atoms with E-state index in [1.807, 2.05) is 0 Å². The highest BCUT2D eigenvalue weighted by atomic mass is 16.6. The van der Waals surface area contributed by atoms with Crippen molar-refractivity contribution in [3.8, 4) is 0 Å². The summed E-state index contributed by atoms with van der Waals surface area (Å²) >= 11 is 0. The van der Waals surface area contributed by atoms with Gasteiger partial charge in [-0.3, -0.25) is 14.4 Å². The highest BCUT2D eigenvalue weighted by molar-refractivity contribution is 5.71. The van der Waals surface area contributed by atoms with Crippen molar-refractivity contribution in [2.75, 3.05) is 13.2 Å². The van der Waals surface area contributed by atoms with Crippen LogP contribution in [0.15, 0.2) is 72.9 Å². The van der Waals surface area contributed by atoms with Crippen LogP contribution in [0.5, 0.6) is 0 Å². The van der Waals surface area contributed by atoms with Crippen LogP contribution < -0.4 is 0 Å². The van der Waals surface area contributed by atoms with Gasteiger partial charge in [0.1, 0.15) is 13.2 Å². The molecule has 0 amide bonds. The van der Waals surface area contributed by atoms with Crippen molar-refractivity contribution < 1.29 is 28.6 Å². The highest BCUT2D eigenvalue weighted by Crippen LogP contribution is 2.14. The average molecular weight is 767 g/mol. The Morgan fingerprint density at radius 1 is 0.400 bits per heavy atom. The summed E-state index contributed by atoms with van der Waals surface area (Å²) in [7, 11) is 0. The van der Waals surface area contributed by atoms with Crippen LogP contribution in [0.3, 0.4) is 0 Å². The summed E-state index contributed by atoms with van der Waals surface area (Å²) in [5.41, 5.74) is 0. The van der Waals surface area contributed by atoms with Crippen LogP contribution in [0.2, 0.25) is 0 Å². The first kappa shape index (κ1) is 51.9. The van der Waals surface area contributed by atoms with E-state index in [0.717, 1.165) is 96.3 Å². The monoisotopic (exact) mass is 767 g/mol. The third kappa shape index (κ3) is 41.8. The maximum Gasteiger partial charge on any atom is 0.306 e. The Morgan fingerprint density at radius 2 is 0.800 bits per heavy atom. The lowest BCUT2D eigenvalue weighted by Gasteiger charge is -2.18. The molecular formula is C49H82O6. The Kier molecular flexibility index (Phi) is 41.1. The molecule has 0 N–H and O–H groups in total. The van der Waals surface area contributed by atoms with Crippen molar-refractivity contribution in [1.82, 2.24) is 0 Å². The molecule has 0 heterocycles. The lowest BCUT2D eigenvalue weighted by molar-refractivity contribution is -0.167. The number of allylic oxidation sites excluding steroid dienone is 12. The van der Waals surface area contributed by atoms with Crippen LogP contribution in [-0.4, -0.2) is 37.2 Å². The van der Waals surface area contributed by atoms with Crippen LogP contribution in [-0.2, 0) is 28.6 Å². The largest absolute Gasteiger partial charge is 0.462 e. The lowest BCUT2D eigenvalue weighted by Crippen LogP contribution is -2.30. The third-order valence-electron chi connectivity index (χ3n) is 9.27. The topological polar surface area (TPSA) is 78.9 Å². The zero-order valence-electron chi connectivity index (χ0n) is 35.7. The smallest absolute Gasteiger partial charge is 0.306 e. The summed E-state index contributed by atoms with van der Waals surface area (Å²) in [5.74, 6) is -0.964. The fourth-order valence-electron chi connectivity index (χ4n) is 5.93. The molecule has 0 fully saturated rings. The van der Waals surface area contributed by atoms with Crippen LogP contribution >= 0.6 is 0 Å². The number of carbonyl (C=O) groups excluding carboxylic acids is 3. The Hall–Kier alpha value is -3.15. The van der Waals surface area contributed by atoms with Gasteiger partial charge >= 0.3 is 17.9 Å².